The first kappa shape index (κ1) is 18.9. The zero-order valence-corrected chi connectivity index (χ0v) is 15.6. The van der Waals surface area contributed by atoms with E-state index in [0.717, 1.165) is 5.56 Å². The molecule has 0 aliphatic carbocycles. The number of carbonyl (C=O) groups is 1. The van der Waals surface area contributed by atoms with Gasteiger partial charge in [-0.3, -0.25) is 4.79 Å². The quantitative estimate of drug-likeness (QED) is 0.821. The average molecular weight is 389 g/mol. The number of furan rings is 1. The number of aliphatic hydroxyl groups is 1. The number of hydrogen-bond donors (Lipinski definition) is 2. The highest BCUT2D eigenvalue weighted by Gasteiger charge is 2.51. The Morgan fingerprint density at radius 1 is 1.21 bits per heavy atom. The summed E-state index contributed by atoms with van der Waals surface area (Å²) in [6, 6.07) is 10.1. The van der Waals surface area contributed by atoms with E-state index in [9.17, 15) is 9.90 Å². The van der Waals surface area contributed by atoms with Crippen LogP contribution in [0.5, 0.6) is 5.75 Å². The van der Waals surface area contributed by atoms with Crippen LogP contribution in [0.2, 0.25) is 0 Å². The molecule has 8 heteroatoms. The van der Waals surface area contributed by atoms with Crippen molar-refractivity contribution in [3.63, 3.8) is 0 Å². The Morgan fingerprint density at radius 2 is 2.00 bits per heavy atom. The molecule has 1 aromatic carbocycles. The lowest BCUT2D eigenvalue weighted by Crippen LogP contribution is -2.67. The molecule has 2 aliphatic rings. The minimum absolute atomic E-state index is 0.188. The summed E-state index contributed by atoms with van der Waals surface area (Å²) in [7, 11) is 0. The van der Waals surface area contributed by atoms with Crippen molar-refractivity contribution in [3.05, 3.63) is 54.0 Å². The third-order valence-electron chi connectivity index (χ3n) is 4.78. The molecule has 0 unspecified atom stereocenters. The normalized spacial score (nSPS) is 32.4. The maximum absolute atomic E-state index is 11.7. The molecule has 28 heavy (non-hydrogen) atoms. The summed E-state index contributed by atoms with van der Waals surface area (Å²) in [4.78, 5) is 11.7. The molecule has 6 atom stereocenters. The van der Waals surface area contributed by atoms with Gasteiger partial charge in [0.25, 0.3) is 0 Å². The van der Waals surface area contributed by atoms with Crippen molar-refractivity contribution in [3.8, 4) is 5.75 Å². The van der Waals surface area contributed by atoms with E-state index in [1.54, 1.807) is 12.1 Å². The first-order chi connectivity index (χ1) is 13.5. The number of hydrogen-bond acceptors (Lipinski definition) is 7. The molecule has 0 radical (unpaired) electrons. The number of ether oxygens (including phenoxy) is 4. The van der Waals surface area contributed by atoms with E-state index in [0.29, 0.717) is 11.5 Å². The molecule has 4 rings (SSSR count). The summed E-state index contributed by atoms with van der Waals surface area (Å²) in [5.41, 5.74) is 1.09. The lowest BCUT2D eigenvalue weighted by Gasteiger charge is -2.47. The highest BCUT2D eigenvalue weighted by Crippen LogP contribution is 2.35. The van der Waals surface area contributed by atoms with E-state index in [4.69, 9.17) is 23.4 Å². The second-order valence-electron chi connectivity index (χ2n) is 6.97. The fraction of sp³-hybridized carbons (Fsp3) is 0.450. The van der Waals surface area contributed by atoms with Crippen LogP contribution in [0.3, 0.4) is 0 Å². The zero-order chi connectivity index (χ0) is 19.7. The van der Waals surface area contributed by atoms with Gasteiger partial charge in [0, 0.05) is 6.92 Å². The minimum atomic E-state index is -1.06. The molecule has 150 valence electrons. The lowest BCUT2D eigenvalue weighted by molar-refractivity contribution is -0.336. The molecule has 2 saturated heterocycles. The predicted octanol–water partition coefficient (Wildman–Crippen LogP) is 1.67. The van der Waals surface area contributed by atoms with Crippen LogP contribution in [0.15, 0.2) is 47.1 Å². The smallest absolute Gasteiger partial charge is 0.223 e. The van der Waals surface area contributed by atoms with Gasteiger partial charge in [0.15, 0.2) is 5.76 Å². The van der Waals surface area contributed by atoms with Gasteiger partial charge in [-0.2, -0.15) is 0 Å². The van der Waals surface area contributed by atoms with E-state index >= 15 is 0 Å². The second-order valence-corrected chi connectivity index (χ2v) is 6.97. The minimum Gasteiger partial charge on any atom is -0.464 e. The Balaban J connectivity index is 1.53. The molecule has 0 spiro atoms. The van der Waals surface area contributed by atoms with E-state index in [1.165, 1.54) is 13.2 Å². The molecular weight excluding hydrogens is 366 g/mol. The highest BCUT2D eigenvalue weighted by atomic mass is 16.8. The zero-order valence-electron chi connectivity index (χ0n) is 15.6. The van der Waals surface area contributed by atoms with Gasteiger partial charge in [0.2, 0.25) is 18.5 Å². The standard InChI is InChI=1S/C20H23NO7/c1-11-5-7-13(8-6-11)26-20-16(21-12(2)22)17(23)18-15(27-20)10-25-19(28-18)14-4-3-9-24-14/h3-9,15-20,23H,10H2,1-2H3,(H,21,22)/t15-,16-,17+,18+,19+,20-/m1/s1. The highest BCUT2D eigenvalue weighted by molar-refractivity contribution is 5.73. The third kappa shape index (κ3) is 3.90. The molecule has 2 N–H and O–H groups in total. The maximum Gasteiger partial charge on any atom is 0.223 e. The van der Waals surface area contributed by atoms with Gasteiger partial charge in [0.1, 0.15) is 30.1 Å². The molecule has 2 aliphatic heterocycles. The molecule has 3 heterocycles. The molecule has 0 bridgehead atoms. The Morgan fingerprint density at radius 3 is 2.68 bits per heavy atom. The van der Waals surface area contributed by atoms with Crippen LogP contribution in [0.4, 0.5) is 0 Å². The second kappa shape index (κ2) is 7.92. The van der Waals surface area contributed by atoms with Crippen LogP contribution in [0.1, 0.15) is 24.5 Å². The first-order valence-electron chi connectivity index (χ1n) is 9.15. The van der Waals surface area contributed by atoms with Gasteiger partial charge < -0.3 is 33.8 Å². The average Bonchev–Trinajstić information content (AvgIpc) is 3.21. The van der Waals surface area contributed by atoms with Crippen LogP contribution in [-0.2, 0) is 19.0 Å². The van der Waals surface area contributed by atoms with Crippen molar-refractivity contribution in [2.45, 2.75) is 50.8 Å². The SMILES string of the molecule is CC(=O)N[C@H]1[C@H](Oc2ccc(C)cc2)O[C@@H]2CO[C@H](c3ccco3)O[C@@H]2[C@H]1O. The predicted molar refractivity (Wildman–Crippen MR) is 96.4 cm³/mol. The number of aryl methyl sites for hydroxylation is 1. The number of benzene rings is 1. The molecule has 2 fully saturated rings. The number of carbonyl (C=O) groups excluding carboxylic acids is 1. The van der Waals surface area contributed by atoms with Crippen molar-refractivity contribution in [1.82, 2.24) is 5.32 Å². The molecule has 0 saturated carbocycles. The van der Waals surface area contributed by atoms with Gasteiger partial charge in [-0.1, -0.05) is 17.7 Å². The maximum atomic E-state index is 11.7. The van der Waals surface area contributed by atoms with Crippen LogP contribution >= 0.6 is 0 Å². The fourth-order valence-electron chi connectivity index (χ4n) is 3.40. The number of aliphatic hydroxyl groups excluding tert-OH is 1. The van der Waals surface area contributed by atoms with Gasteiger partial charge in [0.05, 0.1) is 12.9 Å². The van der Waals surface area contributed by atoms with Gasteiger partial charge in [-0.15, -0.1) is 0 Å². The van der Waals surface area contributed by atoms with Crippen LogP contribution in [0.25, 0.3) is 0 Å². The van der Waals surface area contributed by atoms with Gasteiger partial charge >= 0.3 is 0 Å². The Bertz CT molecular complexity index is 791. The first-order valence-corrected chi connectivity index (χ1v) is 9.15. The number of nitrogens with one attached hydrogen (secondary N) is 1. The van der Waals surface area contributed by atoms with E-state index < -0.39 is 36.9 Å². The summed E-state index contributed by atoms with van der Waals surface area (Å²) < 4.78 is 28.8. The fourth-order valence-corrected chi connectivity index (χ4v) is 3.40. The van der Waals surface area contributed by atoms with Crippen molar-refractivity contribution in [2.75, 3.05) is 6.61 Å². The number of amides is 1. The van der Waals surface area contributed by atoms with Crippen molar-refractivity contribution in [2.24, 2.45) is 0 Å². The topological polar surface area (TPSA) is 99.4 Å². The Kier molecular flexibility index (Phi) is 5.36. The summed E-state index contributed by atoms with van der Waals surface area (Å²) in [6.45, 7) is 3.54. The Labute approximate surface area is 162 Å². The molecule has 8 nitrogen and oxygen atoms in total. The monoisotopic (exact) mass is 389 g/mol. The largest absolute Gasteiger partial charge is 0.464 e. The van der Waals surface area contributed by atoms with Gasteiger partial charge in [-0.25, -0.2) is 0 Å². The van der Waals surface area contributed by atoms with Crippen molar-refractivity contribution in [1.29, 1.82) is 0 Å². The van der Waals surface area contributed by atoms with E-state index in [1.807, 2.05) is 31.2 Å². The lowest BCUT2D eigenvalue weighted by atomic mass is 9.96. The molecule has 1 amide bonds. The number of rotatable bonds is 4. The van der Waals surface area contributed by atoms with Crippen LogP contribution in [-0.4, -0.2) is 48.3 Å². The number of fused-ring (bicyclic) bond motifs is 1. The third-order valence-corrected chi connectivity index (χ3v) is 4.78. The van der Waals surface area contributed by atoms with Crippen molar-refractivity contribution >= 4 is 5.91 Å². The molecule has 2 aromatic rings. The summed E-state index contributed by atoms with van der Waals surface area (Å²) in [5, 5.41) is 13.6. The van der Waals surface area contributed by atoms with E-state index in [-0.39, 0.29) is 12.5 Å². The van der Waals surface area contributed by atoms with E-state index in [2.05, 4.69) is 5.32 Å². The molecular formula is C20H23NO7. The van der Waals surface area contributed by atoms with Crippen molar-refractivity contribution < 1.29 is 33.3 Å². The van der Waals surface area contributed by atoms with Crippen LogP contribution in [0, 0.1) is 6.92 Å². The summed E-state index contributed by atoms with van der Waals surface area (Å²) >= 11 is 0. The van der Waals surface area contributed by atoms with Crippen LogP contribution < -0.4 is 10.1 Å². The van der Waals surface area contributed by atoms with Gasteiger partial charge in [-0.05, 0) is 31.2 Å². The summed E-state index contributed by atoms with van der Waals surface area (Å²) in [6.07, 6.45) is -2.44. The summed E-state index contributed by atoms with van der Waals surface area (Å²) in [5.74, 6) is 0.765. The Hall–Kier alpha value is -2.39. The molecule has 1 aromatic heterocycles.